The molecule has 0 saturated heterocycles. The molecule has 1 aliphatic rings. The summed E-state index contributed by atoms with van der Waals surface area (Å²) >= 11 is 0. The molecule has 2 aromatic carbocycles. The van der Waals surface area contributed by atoms with Crippen LogP contribution in [0, 0.1) is 5.82 Å². The minimum absolute atomic E-state index is 0.134. The second kappa shape index (κ2) is 6.59. The Kier molecular flexibility index (Phi) is 4.46. The van der Waals surface area contributed by atoms with Gasteiger partial charge in [-0.25, -0.2) is 9.18 Å². The van der Waals surface area contributed by atoms with Crippen molar-refractivity contribution in [2.24, 2.45) is 0 Å². The molecule has 0 unspecified atom stereocenters. The van der Waals surface area contributed by atoms with Crippen molar-refractivity contribution < 1.29 is 23.5 Å². The summed E-state index contributed by atoms with van der Waals surface area (Å²) in [5.74, 6) is -2.09. The summed E-state index contributed by atoms with van der Waals surface area (Å²) in [5.41, 5.74) is 0.0264. The molecule has 2 amide bonds. The average molecular weight is 356 g/mol. The van der Waals surface area contributed by atoms with Gasteiger partial charge in [0.25, 0.3) is 5.91 Å². The highest BCUT2D eigenvalue weighted by Crippen LogP contribution is 2.36. The number of para-hydroxylation sites is 2. The van der Waals surface area contributed by atoms with Gasteiger partial charge < -0.3 is 10.1 Å². The molecular weight excluding hydrogens is 339 g/mol. The number of ether oxygens (including phenoxy) is 1. The zero-order chi connectivity index (χ0) is 18.9. The highest BCUT2D eigenvalue weighted by Gasteiger charge is 2.43. The number of esters is 1. The maximum Gasteiger partial charge on any atom is 0.338 e. The van der Waals surface area contributed by atoms with Gasteiger partial charge in [0, 0.05) is 0 Å². The highest BCUT2D eigenvalue weighted by atomic mass is 19.1. The molecule has 1 aliphatic heterocycles. The van der Waals surface area contributed by atoms with E-state index in [9.17, 15) is 18.8 Å². The summed E-state index contributed by atoms with van der Waals surface area (Å²) in [7, 11) is 0. The minimum atomic E-state index is -1.15. The first-order valence-corrected chi connectivity index (χ1v) is 7.97. The van der Waals surface area contributed by atoms with E-state index in [1.165, 1.54) is 17.0 Å². The van der Waals surface area contributed by atoms with Crippen LogP contribution in [0.1, 0.15) is 24.2 Å². The monoisotopic (exact) mass is 356 g/mol. The van der Waals surface area contributed by atoms with Gasteiger partial charge in [-0.3, -0.25) is 14.5 Å². The van der Waals surface area contributed by atoms with Crippen LogP contribution in [0.5, 0.6) is 0 Å². The Labute approximate surface area is 149 Å². The van der Waals surface area contributed by atoms with Gasteiger partial charge in [-0.2, -0.15) is 0 Å². The molecule has 1 N–H and O–H groups in total. The van der Waals surface area contributed by atoms with Gasteiger partial charge in [0.1, 0.15) is 11.4 Å². The van der Waals surface area contributed by atoms with Gasteiger partial charge in [-0.15, -0.1) is 0 Å². The zero-order valence-corrected chi connectivity index (χ0v) is 14.3. The lowest BCUT2D eigenvalue weighted by atomic mass is 9.96. The third-order valence-electron chi connectivity index (χ3n) is 4.16. The highest BCUT2D eigenvalue weighted by molar-refractivity contribution is 6.14. The fourth-order valence-corrected chi connectivity index (χ4v) is 2.76. The van der Waals surface area contributed by atoms with Crippen LogP contribution in [0.4, 0.5) is 15.8 Å². The van der Waals surface area contributed by atoms with Crippen LogP contribution in [0.25, 0.3) is 0 Å². The first-order valence-electron chi connectivity index (χ1n) is 7.97. The Morgan fingerprint density at radius 2 is 1.77 bits per heavy atom. The molecule has 1 heterocycles. The van der Waals surface area contributed by atoms with Crippen molar-refractivity contribution in [3.63, 3.8) is 0 Å². The van der Waals surface area contributed by atoms with E-state index in [0.717, 1.165) is 12.1 Å². The minimum Gasteiger partial charge on any atom is -0.452 e. The zero-order valence-electron chi connectivity index (χ0n) is 14.3. The number of carbonyl (C=O) groups excluding carboxylic acids is 3. The molecule has 0 bridgehead atoms. The number of carbonyl (C=O) groups is 3. The van der Waals surface area contributed by atoms with Gasteiger partial charge >= 0.3 is 5.97 Å². The van der Waals surface area contributed by atoms with Crippen molar-refractivity contribution in [2.45, 2.75) is 19.4 Å². The first-order chi connectivity index (χ1) is 12.3. The number of rotatable bonds is 3. The largest absolute Gasteiger partial charge is 0.452 e. The van der Waals surface area contributed by atoms with E-state index in [1.807, 2.05) is 0 Å². The Bertz CT molecular complexity index is 877. The Morgan fingerprint density at radius 1 is 1.12 bits per heavy atom. The van der Waals surface area contributed by atoms with Gasteiger partial charge in [-0.05, 0) is 50.2 Å². The van der Waals surface area contributed by atoms with Gasteiger partial charge in [0.15, 0.2) is 6.61 Å². The van der Waals surface area contributed by atoms with Crippen molar-refractivity contribution in [3.05, 3.63) is 59.9 Å². The summed E-state index contributed by atoms with van der Waals surface area (Å²) in [6.07, 6.45) is 0. The quantitative estimate of drug-likeness (QED) is 0.858. The van der Waals surface area contributed by atoms with Gasteiger partial charge in [0.2, 0.25) is 5.91 Å². The average Bonchev–Trinajstić information content (AvgIpc) is 2.61. The maximum atomic E-state index is 12.9. The number of nitrogens with zero attached hydrogens (tertiary/aromatic N) is 1. The summed E-state index contributed by atoms with van der Waals surface area (Å²) in [5, 5.41) is 2.75. The lowest BCUT2D eigenvalue weighted by molar-refractivity contribution is -0.128. The number of nitrogens with one attached hydrogen (secondary N) is 1. The standard InChI is InChI=1S/C19H17FN2O4/c1-19(2)18(25)21-14-5-3-4-6-15(14)22(19)16(23)11-26-17(24)12-7-9-13(20)10-8-12/h3-10H,11H2,1-2H3,(H,21,25). The van der Waals surface area contributed by atoms with Crippen LogP contribution in [0.2, 0.25) is 0 Å². The number of benzene rings is 2. The van der Waals surface area contributed by atoms with E-state index in [4.69, 9.17) is 4.74 Å². The molecule has 0 aromatic heterocycles. The number of amides is 2. The predicted molar refractivity (Wildman–Crippen MR) is 93.3 cm³/mol. The SMILES string of the molecule is CC1(C)C(=O)Nc2ccccc2N1C(=O)COC(=O)c1ccc(F)cc1. The Morgan fingerprint density at radius 3 is 2.46 bits per heavy atom. The summed E-state index contributed by atoms with van der Waals surface area (Å²) < 4.78 is 18.0. The van der Waals surface area contributed by atoms with Crippen molar-refractivity contribution in [1.29, 1.82) is 0 Å². The molecule has 0 fully saturated rings. The van der Waals surface area contributed by atoms with Crippen LogP contribution < -0.4 is 10.2 Å². The molecule has 0 spiro atoms. The molecule has 0 atom stereocenters. The Balaban J connectivity index is 1.79. The lowest BCUT2D eigenvalue weighted by Crippen LogP contribution is -2.59. The fourth-order valence-electron chi connectivity index (χ4n) is 2.76. The molecule has 0 saturated carbocycles. The van der Waals surface area contributed by atoms with Crippen molar-refractivity contribution in [1.82, 2.24) is 0 Å². The molecule has 2 aromatic rings. The molecule has 7 heteroatoms. The Hall–Kier alpha value is -3.22. The number of anilines is 2. The van der Waals surface area contributed by atoms with E-state index in [-0.39, 0.29) is 11.5 Å². The van der Waals surface area contributed by atoms with Crippen LogP contribution >= 0.6 is 0 Å². The normalized spacial score (nSPS) is 15.0. The molecule has 134 valence electrons. The van der Waals surface area contributed by atoms with Crippen LogP contribution in [-0.2, 0) is 14.3 Å². The van der Waals surface area contributed by atoms with Crippen LogP contribution in [-0.4, -0.2) is 29.9 Å². The summed E-state index contributed by atoms with van der Waals surface area (Å²) in [4.78, 5) is 38.4. The number of fused-ring (bicyclic) bond motifs is 1. The predicted octanol–water partition coefficient (Wildman–Crippen LogP) is 2.75. The number of hydrogen-bond acceptors (Lipinski definition) is 4. The second-order valence-electron chi connectivity index (χ2n) is 6.34. The van der Waals surface area contributed by atoms with Gasteiger partial charge in [-0.1, -0.05) is 12.1 Å². The topological polar surface area (TPSA) is 75.7 Å². The number of halogens is 1. The van der Waals surface area contributed by atoms with Gasteiger partial charge in [0.05, 0.1) is 16.9 Å². The van der Waals surface area contributed by atoms with E-state index in [1.54, 1.807) is 38.1 Å². The van der Waals surface area contributed by atoms with E-state index in [0.29, 0.717) is 11.4 Å². The van der Waals surface area contributed by atoms with Crippen LogP contribution in [0.15, 0.2) is 48.5 Å². The fraction of sp³-hybridized carbons (Fsp3) is 0.211. The third-order valence-corrected chi connectivity index (χ3v) is 4.16. The molecular formula is C19H17FN2O4. The number of hydrogen-bond donors (Lipinski definition) is 1. The van der Waals surface area contributed by atoms with E-state index < -0.39 is 29.8 Å². The third kappa shape index (κ3) is 3.15. The second-order valence-corrected chi connectivity index (χ2v) is 6.34. The van der Waals surface area contributed by atoms with Crippen molar-refractivity contribution >= 4 is 29.2 Å². The molecule has 0 aliphatic carbocycles. The smallest absolute Gasteiger partial charge is 0.338 e. The molecule has 26 heavy (non-hydrogen) atoms. The molecule has 6 nitrogen and oxygen atoms in total. The lowest BCUT2D eigenvalue weighted by Gasteiger charge is -2.41. The van der Waals surface area contributed by atoms with E-state index in [2.05, 4.69) is 5.32 Å². The van der Waals surface area contributed by atoms with Crippen LogP contribution in [0.3, 0.4) is 0 Å². The van der Waals surface area contributed by atoms with E-state index >= 15 is 0 Å². The molecule has 0 radical (unpaired) electrons. The molecule has 3 rings (SSSR count). The first kappa shape index (κ1) is 17.6. The van der Waals surface area contributed by atoms with Crippen molar-refractivity contribution in [3.8, 4) is 0 Å². The van der Waals surface area contributed by atoms with Crippen molar-refractivity contribution in [2.75, 3.05) is 16.8 Å². The maximum absolute atomic E-state index is 12.9. The summed E-state index contributed by atoms with van der Waals surface area (Å²) in [6, 6.07) is 11.7. The summed E-state index contributed by atoms with van der Waals surface area (Å²) in [6.45, 7) is 2.68.